The Labute approximate surface area is 273 Å². The SMILES string of the molecule is COc1ccc2c(C3c4c(C)nn(C(=O)c5[nH]c6ccc(C)cc6c5-c5ccccc5)c4Oc4[nH]c(=S)[nH]c(=S)c43)cccc2c1. The first kappa shape index (κ1) is 28.2. The number of carbonyl (C=O) groups excluding carboxylic acids is 1. The number of methoxy groups -OCH3 is 1. The van der Waals surface area contributed by atoms with E-state index in [0.29, 0.717) is 32.6 Å². The van der Waals surface area contributed by atoms with Gasteiger partial charge in [-0.25, -0.2) is 0 Å². The van der Waals surface area contributed by atoms with Crippen molar-refractivity contribution in [1.29, 1.82) is 0 Å². The molecule has 4 heterocycles. The number of hydrogen-bond acceptors (Lipinski definition) is 6. The van der Waals surface area contributed by atoms with E-state index in [9.17, 15) is 4.79 Å². The van der Waals surface area contributed by atoms with Gasteiger partial charge in [-0.3, -0.25) is 4.79 Å². The first-order chi connectivity index (χ1) is 22.3. The summed E-state index contributed by atoms with van der Waals surface area (Å²) >= 11 is 11.3. The topological polar surface area (TPSA) is 101 Å². The van der Waals surface area contributed by atoms with Crippen molar-refractivity contribution in [3.8, 4) is 28.6 Å². The highest BCUT2D eigenvalue weighted by molar-refractivity contribution is 7.72. The highest BCUT2D eigenvalue weighted by Gasteiger charge is 2.39. The minimum absolute atomic E-state index is 0.311. The average molecular weight is 642 g/mol. The van der Waals surface area contributed by atoms with Gasteiger partial charge in [0.25, 0.3) is 5.91 Å². The number of H-pyrrole nitrogens is 3. The Kier molecular flexibility index (Phi) is 6.52. The highest BCUT2D eigenvalue weighted by Crippen LogP contribution is 2.50. The molecule has 1 aliphatic rings. The van der Waals surface area contributed by atoms with Crippen molar-refractivity contribution >= 4 is 52.0 Å². The maximum Gasteiger partial charge on any atom is 0.298 e. The minimum atomic E-state index is -0.410. The fourth-order valence-electron chi connectivity index (χ4n) is 6.60. The maximum atomic E-state index is 14.7. The average Bonchev–Trinajstić information content (AvgIpc) is 3.60. The van der Waals surface area contributed by atoms with Gasteiger partial charge in [0.15, 0.2) is 4.77 Å². The molecule has 0 amide bonds. The van der Waals surface area contributed by atoms with Gasteiger partial charge in [0.2, 0.25) is 11.8 Å². The molecule has 1 aliphatic heterocycles. The molecule has 0 saturated heterocycles. The Hall–Kier alpha value is -5.32. The predicted molar refractivity (Wildman–Crippen MR) is 183 cm³/mol. The van der Waals surface area contributed by atoms with Crippen LogP contribution in [-0.4, -0.2) is 37.7 Å². The Morgan fingerprint density at radius 2 is 1.72 bits per heavy atom. The molecule has 0 fully saturated rings. The zero-order chi connectivity index (χ0) is 31.7. The lowest BCUT2D eigenvalue weighted by atomic mass is 9.82. The molecule has 0 aliphatic carbocycles. The summed E-state index contributed by atoms with van der Waals surface area (Å²) in [6.07, 6.45) is 0. The van der Waals surface area contributed by atoms with Crippen molar-refractivity contribution in [2.75, 3.05) is 7.11 Å². The Bertz CT molecular complexity index is 2490. The van der Waals surface area contributed by atoms with Gasteiger partial charge in [-0.15, -0.1) is 0 Å². The zero-order valence-corrected chi connectivity index (χ0v) is 26.7. The smallest absolute Gasteiger partial charge is 0.298 e. The molecule has 8 rings (SSSR count). The molecule has 0 bridgehead atoms. The molecule has 8 nitrogen and oxygen atoms in total. The quantitative estimate of drug-likeness (QED) is 0.166. The van der Waals surface area contributed by atoms with E-state index in [1.807, 2.05) is 86.6 Å². The molecule has 1 atom stereocenters. The Morgan fingerprint density at radius 1 is 0.891 bits per heavy atom. The molecule has 7 aromatic rings. The lowest BCUT2D eigenvalue weighted by molar-refractivity contribution is 0.0931. The van der Waals surface area contributed by atoms with Gasteiger partial charge in [-0.2, -0.15) is 9.78 Å². The van der Waals surface area contributed by atoms with E-state index in [1.54, 1.807) is 7.11 Å². The fourth-order valence-corrected chi connectivity index (χ4v) is 7.17. The zero-order valence-electron chi connectivity index (χ0n) is 25.1. The summed E-state index contributed by atoms with van der Waals surface area (Å²) in [5.41, 5.74) is 7.21. The van der Waals surface area contributed by atoms with Gasteiger partial charge in [0, 0.05) is 16.5 Å². The van der Waals surface area contributed by atoms with Crippen LogP contribution in [0.2, 0.25) is 0 Å². The Morgan fingerprint density at radius 3 is 2.52 bits per heavy atom. The second kappa shape index (κ2) is 10.6. The molecule has 0 radical (unpaired) electrons. The van der Waals surface area contributed by atoms with Crippen molar-refractivity contribution in [2.24, 2.45) is 0 Å². The van der Waals surface area contributed by atoms with Gasteiger partial charge in [0.05, 0.1) is 29.8 Å². The number of aryl methyl sites for hydroxylation is 2. The van der Waals surface area contributed by atoms with Crippen LogP contribution in [0.5, 0.6) is 17.5 Å². The van der Waals surface area contributed by atoms with E-state index in [2.05, 4.69) is 27.1 Å². The van der Waals surface area contributed by atoms with E-state index in [4.69, 9.17) is 39.0 Å². The standard InChI is InChI=1S/C36H27N5O3S2/c1-18-12-15-26-25(16-18)28(20-8-5-4-6-9-20)31(37-26)34(42)41-35-27(19(2)40-41)29(30-32(44-35)38-36(46)39-33(30)45)24-11-7-10-21-17-22(43-3)13-14-23(21)24/h4-17,29,37H,1-3H3,(H2,38,39,45,46). The summed E-state index contributed by atoms with van der Waals surface area (Å²) in [6.45, 7) is 3.93. The summed E-state index contributed by atoms with van der Waals surface area (Å²) in [7, 11) is 1.65. The van der Waals surface area contributed by atoms with Crippen molar-refractivity contribution in [2.45, 2.75) is 19.8 Å². The van der Waals surface area contributed by atoms with Crippen LogP contribution in [-0.2, 0) is 0 Å². The molecule has 3 N–H and O–H groups in total. The number of benzene rings is 4. The van der Waals surface area contributed by atoms with Gasteiger partial charge >= 0.3 is 0 Å². The normalized spacial score (nSPS) is 13.8. The molecular weight excluding hydrogens is 615 g/mol. The lowest BCUT2D eigenvalue weighted by Gasteiger charge is -2.27. The number of aromatic amines is 3. The molecule has 0 spiro atoms. The molecule has 1 unspecified atom stereocenters. The molecule has 4 aromatic carbocycles. The third-order valence-corrected chi connectivity index (χ3v) is 9.16. The number of fused-ring (bicyclic) bond motifs is 4. The summed E-state index contributed by atoms with van der Waals surface area (Å²) in [5, 5.41) is 7.80. The number of hydrogen-bond donors (Lipinski definition) is 3. The second-order valence-corrected chi connectivity index (χ2v) is 12.2. The third-order valence-electron chi connectivity index (χ3n) is 8.64. The van der Waals surface area contributed by atoms with Crippen LogP contribution >= 0.6 is 24.4 Å². The van der Waals surface area contributed by atoms with E-state index < -0.39 is 5.92 Å². The lowest BCUT2D eigenvalue weighted by Crippen LogP contribution is -2.20. The van der Waals surface area contributed by atoms with Crippen LogP contribution < -0.4 is 9.47 Å². The summed E-state index contributed by atoms with van der Waals surface area (Å²) in [6, 6.07) is 28.1. The van der Waals surface area contributed by atoms with Crippen molar-refractivity contribution in [1.82, 2.24) is 24.7 Å². The molecule has 226 valence electrons. The number of ether oxygens (including phenoxy) is 2. The largest absolute Gasteiger partial charge is 0.497 e. The minimum Gasteiger partial charge on any atom is -0.497 e. The van der Waals surface area contributed by atoms with Crippen LogP contribution in [0.4, 0.5) is 0 Å². The first-order valence-electron chi connectivity index (χ1n) is 14.8. The highest BCUT2D eigenvalue weighted by atomic mass is 32.1. The summed E-state index contributed by atoms with van der Waals surface area (Å²) in [4.78, 5) is 24.3. The van der Waals surface area contributed by atoms with Crippen molar-refractivity contribution in [3.05, 3.63) is 128 Å². The monoisotopic (exact) mass is 641 g/mol. The number of rotatable bonds is 4. The van der Waals surface area contributed by atoms with Gasteiger partial charge in [0.1, 0.15) is 16.1 Å². The van der Waals surface area contributed by atoms with Crippen molar-refractivity contribution < 1.29 is 14.3 Å². The molecule has 3 aromatic heterocycles. The van der Waals surface area contributed by atoms with E-state index in [-0.39, 0.29) is 5.91 Å². The van der Waals surface area contributed by atoms with Crippen LogP contribution in [0.3, 0.4) is 0 Å². The van der Waals surface area contributed by atoms with Crippen LogP contribution in [0, 0.1) is 23.3 Å². The predicted octanol–water partition coefficient (Wildman–Crippen LogP) is 8.90. The molecule has 0 saturated carbocycles. The molecular formula is C36H27N5O3S2. The van der Waals surface area contributed by atoms with Crippen LogP contribution in [0.25, 0.3) is 32.8 Å². The van der Waals surface area contributed by atoms with E-state index in [1.165, 1.54) is 4.68 Å². The fraction of sp³-hybridized carbons (Fsp3) is 0.111. The molecule has 10 heteroatoms. The number of aromatic nitrogens is 5. The maximum absolute atomic E-state index is 14.7. The second-order valence-electron chi connectivity index (χ2n) is 11.4. The van der Waals surface area contributed by atoms with Gasteiger partial charge in [-0.05, 0) is 72.2 Å². The summed E-state index contributed by atoms with van der Waals surface area (Å²) in [5.74, 6) is 0.692. The van der Waals surface area contributed by atoms with E-state index in [0.717, 1.165) is 60.8 Å². The first-order valence-corrected chi connectivity index (χ1v) is 15.6. The van der Waals surface area contributed by atoms with Gasteiger partial charge in [-0.1, -0.05) is 78.4 Å². The number of nitrogens with zero attached hydrogens (tertiary/aromatic N) is 2. The van der Waals surface area contributed by atoms with Crippen LogP contribution in [0.1, 0.15) is 44.4 Å². The summed E-state index contributed by atoms with van der Waals surface area (Å²) < 4.78 is 14.1. The number of nitrogens with one attached hydrogen (secondary N) is 3. The van der Waals surface area contributed by atoms with Crippen molar-refractivity contribution in [3.63, 3.8) is 0 Å². The van der Waals surface area contributed by atoms with Crippen LogP contribution in [0.15, 0.2) is 84.9 Å². The number of carbonyl (C=O) groups is 1. The molecule has 46 heavy (non-hydrogen) atoms. The van der Waals surface area contributed by atoms with Gasteiger partial charge < -0.3 is 24.4 Å². The Balaban J connectivity index is 1.38. The third kappa shape index (κ3) is 4.33. The van der Waals surface area contributed by atoms with E-state index >= 15 is 0 Å².